The van der Waals surface area contributed by atoms with Gasteiger partial charge in [0.25, 0.3) is 0 Å². The first-order valence-electron chi connectivity index (χ1n) is 7.71. The molecule has 0 atom stereocenters. The molecule has 1 aliphatic rings. The maximum atomic E-state index is 12.2. The van der Waals surface area contributed by atoms with Gasteiger partial charge in [0.1, 0.15) is 4.21 Å². The van der Waals surface area contributed by atoms with Gasteiger partial charge in [-0.3, -0.25) is 0 Å². The molecule has 0 saturated carbocycles. The van der Waals surface area contributed by atoms with Crippen LogP contribution in [0.2, 0.25) is 4.34 Å². The number of rotatable bonds is 5. The van der Waals surface area contributed by atoms with E-state index in [0.717, 1.165) is 43.1 Å². The normalized spacial score (nSPS) is 16.5. The van der Waals surface area contributed by atoms with E-state index >= 15 is 0 Å². The Morgan fingerprint density at radius 1 is 1.08 bits per heavy atom. The highest BCUT2D eigenvalue weighted by atomic mass is 35.5. The van der Waals surface area contributed by atoms with Crippen molar-refractivity contribution in [2.75, 3.05) is 38.1 Å². The van der Waals surface area contributed by atoms with Crippen molar-refractivity contribution in [1.82, 2.24) is 9.62 Å². The van der Waals surface area contributed by atoms with Crippen LogP contribution >= 0.6 is 22.9 Å². The third-order valence-corrected chi connectivity index (χ3v) is 7.21. The van der Waals surface area contributed by atoms with Gasteiger partial charge in [-0.05, 0) is 36.9 Å². The van der Waals surface area contributed by atoms with Crippen molar-refractivity contribution in [2.45, 2.75) is 10.8 Å². The Kier molecular flexibility index (Phi) is 5.46. The smallest absolute Gasteiger partial charge is 0.250 e. The molecule has 8 heteroatoms. The molecule has 0 radical (unpaired) electrons. The van der Waals surface area contributed by atoms with Crippen LogP contribution in [0.5, 0.6) is 0 Å². The number of likely N-dealkylation sites (N-methyl/N-ethyl adjacent to an activating group) is 1. The molecule has 0 aliphatic carbocycles. The molecular formula is C16H20ClN3O2S2. The molecule has 0 spiro atoms. The average Bonchev–Trinajstić information content (AvgIpc) is 3.02. The first kappa shape index (κ1) is 17.7. The Hall–Kier alpha value is -1.12. The summed E-state index contributed by atoms with van der Waals surface area (Å²) in [6.07, 6.45) is 0. The number of benzene rings is 1. The van der Waals surface area contributed by atoms with E-state index in [1.54, 1.807) is 6.07 Å². The van der Waals surface area contributed by atoms with E-state index in [9.17, 15) is 8.42 Å². The first-order chi connectivity index (χ1) is 11.4. The lowest BCUT2D eigenvalue weighted by Gasteiger charge is -2.34. The van der Waals surface area contributed by atoms with Crippen molar-refractivity contribution in [3.63, 3.8) is 0 Å². The Labute approximate surface area is 151 Å². The highest BCUT2D eigenvalue weighted by Crippen LogP contribution is 2.25. The molecule has 0 bridgehead atoms. The van der Waals surface area contributed by atoms with Crippen LogP contribution in [-0.4, -0.2) is 46.5 Å². The highest BCUT2D eigenvalue weighted by molar-refractivity contribution is 7.91. The van der Waals surface area contributed by atoms with Crippen LogP contribution in [0.15, 0.2) is 40.6 Å². The van der Waals surface area contributed by atoms with Gasteiger partial charge in [0.2, 0.25) is 10.0 Å². The fraction of sp³-hybridized carbons (Fsp3) is 0.375. The van der Waals surface area contributed by atoms with Gasteiger partial charge in [-0.15, -0.1) is 11.3 Å². The van der Waals surface area contributed by atoms with Gasteiger partial charge < -0.3 is 9.80 Å². The van der Waals surface area contributed by atoms with Crippen molar-refractivity contribution in [3.05, 3.63) is 46.3 Å². The molecule has 1 N–H and O–H groups in total. The molecule has 1 aromatic heterocycles. The number of nitrogens with zero attached hydrogens (tertiary/aromatic N) is 2. The van der Waals surface area contributed by atoms with E-state index in [2.05, 4.69) is 33.7 Å². The predicted octanol–water partition coefficient (Wildman–Crippen LogP) is 2.63. The van der Waals surface area contributed by atoms with E-state index in [-0.39, 0.29) is 10.8 Å². The Morgan fingerprint density at radius 3 is 2.33 bits per heavy atom. The largest absolute Gasteiger partial charge is 0.369 e. The van der Waals surface area contributed by atoms with E-state index in [4.69, 9.17) is 11.6 Å². The summed E-state index contributed by atoms with van der Waals surface area (Å²) in [6, 6.07) is 11.2. The molecule has 0 amide bonds. The third-order valence-electron chi connectivity index (χ3n) is 4.08. The van der Waals surface area contributed by atoms with Gasteiger partial charge in [0.15, 0.2) is 0 Å². The average molecular weight is 386 g/mol. The molecule has 130 valence electrons. The first-order valence-corrected chi connectivity index (χ1v) is 10.4. The minimum absolute atomic E-state index is 0.238. The number of sulfonamides is 1. The lowest BCUT2D eigenvalue weighted by molar-refractivity contribution is 0.313. The van der Waals surface area contributed by atoms with Gasteiger partial charge in [0.05, 0.1) is 4.34 Å². The second-order valence-electron chi connectivity index (χ2n) is 5.84. The summed E-state index contributed by atoms with van der Waals surface area (Å²) in [5.74, 6) is 0. The molecular weight excluding hydrogens is 366 g/mol. The van der Waals surface area contributed by atoms with Crippen LogP contribution in [0.25, 0.3) is 0 Å². The lowest BCUT2D eigenvalue weighted by Crippen LogP contribution is -2.44. The van der Waals surface area contributed by atoms with Crippen LogP contribution in [0.4, 0.5) is 5.69 Å². The molecule has 1 saturated heterocycles. The molecule has 0 unspecified atom stereocenters. The third kappa shape index (κ3) is 4.29. The van der Waals surface area contributed by atoms with E-state index in [0.29, 0.717) is 4.34 Å². The van der Waals surface area contributed by atoms with Gasteiger partial charge >= 0.3 is 0 Å². The lowest BCUT2D eigenvalue weighted by atomic mass is 10.2. The minimum atomic E-state index is -3.51. The number of nitrogens with one attached hydrogen (secondary N) is 1. The van der Waals surface area contributed by atoms with E-state index < -0.39 is 10.0 Å². The van der Waals surface area contributed by atoms with Gasteiger partial charge in [-0.1, -0.05) is 23.7 Å². The summed E-state index contributed by atoms with van der Waals surface area (Å²) in [5, 5.41) is 0. The maximum Gasteiger partial charge on any atom is 0.250 e. The number of anilines is 1. The van der Waals surface area contributed by atoms with E-state index in [1.165, 1.54) is 11.8 Å². The number of hydrogen-bond acceptors (Lipinski definition) is 5. The number of hydrogen-bond donors (Lipinski definition) is 1. The fourth-order valence-electron chi connectivity index (χ4n) is 2.58. The zero-order valence-corrected chi connectivity index (χ0v) is 15.8. The van der Waals surface area contributed by atoms with Crippen LogP contribution in [0.3, 0.4) is 0 Å². The Morgan fingerprint density at radius 2 is 1.75 bits per heavy atom. The van der Waals surface area contributed by atoms with Crippen molar-refractivity contribution in [3.8, 4) is 0 Å². The van der Waals surface area contributed by atoms with Crippen molar-refractivity contribution in [2.24, 2.45) is 0 Å². The highest BCUT2D eigenvalue weighted by Gasteiger charge is 2.17. The maximum absolute atomic E-state index is 12.2. The quantitative estimate of drug-likeness (QED) is 0.859. The summed E-state index contributed by atoms with van der Waals surface area (Å²) in [7, 11) is -1.37. The van der Waals surface area contributed by atoms with Crippen LogP contribution in [0.1, 0.15) is 5.56 Å². The minimum Gasteiger partial charge on any atom is -0.369 e. The topological polar surface area (TPSA) is 52.6 Å². The van der Waals surface area contributed by atoms with Crippen LogP contribution in [0, 0.1) is 0 Å². The monoisotopic (exact) mass is 385 g/mol. The van der Waals surface area contributed by atoms with Crippen molar-refractivity contribution < 1.29 is 8.42 Å². The Balaban J connectivity index is 1.60. The number of piperazine rings is 1. The summed E-state index contributed by atoms with van der Waals surface area (Å²) >= 11 is 6.86. The molecule has 24 heavy (non-hydrogen) atoms. The second-order valence-corrected chi connectivity index (χ2v) is 9.55. The van der Waals surface area contributed by atoms with Gasteiger partial charge in [-0.25, -0.2) is 13.1 Å². The summed E-state index contributed by atoms with van der Waals surface area (Å²) in [5.41, 5.74) is 2.11. The zero-order valence-electron chi connectivity index (χ0n) is 13.4. The van der Waals surface area contributed by atoms with Gasteiger partial charge in [0, 0.05) is 38.4 Å². The van der Waals surface area contributed by atoms with Crippen LogP contribution in [-0.2, 0) is 16.6 Å². The summed E-state index contributed by atoms with van der Waals surface area (Å²) < 4.78 is 27.7. The molecule has 1 aromatic carbocycles. The molecule has 5 nitrogen and oxygen atoms in total. The standard InChI is InChI=1S/C16H20ClN3O2S2/c1-19-8-10-20(11-9-19)14-4-2-13(3-5-14)12-18-24(21,22)16-7-6-15(17)23-16/h2-7,18H,8-12H2,1H3. The van der Waals surface area contributed by atoms with Crippen molar-refractivity contribution >= 4 is 38.6 Å². The summed E-state index contributed by atoms with van der Waals surface area (Å²) in [6.45, 7) is 4.42. The molecule has 1 fully saturated rings. The number of halogens is 1. The van der Waals surface area contributed by atoms with Crippen molar-refractivity contribution in [1.29, 1.82) is 0 Å². The summed E-state index contributed by atoms with van der Waals surface area (Å²) in [4.78, 5) is 4.66. The molecule has 1 aliphatic heterocycles. The molecule has 3 rings (SSSR count). The number of thiophene rings is 1. The molecule has 2 aromatic rings. The van der Waals surface area contributed by atoms with Gasteiger partial charge in [-0.2, -0.15) is 0 Å². The molecule has 2 heterocycles. The second kappa shape index (κ2) is 7.41. The fourth-order valence-corrected chi connectivity index (χ4v) is 5.13. The zero-order chi connectivity index (χ0) is 17.2. The van der Waals surface area contributed by atoms with E-state index in [1.807, 2.05) is 12.1 Å². The predicted molar refractivity (Wildman–Crippen MR) is 99.5 cm³/mol. The van der Waals surface area contributed by atoms with Crippen LogP contribution < -0.4 is 9.62 Å². The Bertz CT molecular complexity index is 782. The SMILES string of the molecule is CN1CCN(c2ccc(CNS(=O)(=O)c3ccc(Cl)s3)cc2)CC1.